The largest absolute Gasteiger partial charge is 0.355 e. The second-order valence-corrected chi connectivity index (χ2v) is 8.03. The van der Waals surface area contributed by atoms with E-state index >= 15 is 0 Å². The van der Waals surface area contributed by atoms with Crippen LogP contribution in [0.15, 0.2) is 28.7 Å². The second kappa shape index (κ2) is 7.07. The zero-order valence-electron chi connectivity index (χ0n) is 13.6. The number of thiophene rings is 1. The number of rotatable bonds is 3. The molecule has 1 heterocycles. The Balaban J connectivity index is 1.97. The van der Waals surface area contributed by atoms with E-state index in [0.29, 0.717) is 22.0 Å². The van der Waals surface area contributed by atoms with Crippen LogP contribution in [-0.4, -0.2) is 18.9 Å². The van der Waals surface area contributed by atoms with Gasteiger partial charge in [-0.1, -0.05) is 19.1 Å². The van der Waals surface area contributed by atoms with Crippen LogP contribution in [0.1, 0.15) is 44.5 Å². The fraction of sp³-hybridized carbons (Fsp3) is 0.333. The summed E-state index contributed by atoms with van der Waals surface area (Å²) in [6.45, 7) is 2.22. The van der Waals surface area contributed by atoms with E-state index in [9.17, 15) is 9.59 Å². The van der Waals surface area contributed by atoms with E-state index in [-0.39, 0.29) is 11.8 Å². The van der Waals surface area contributed by atoms with Gasteiger partial charge in [0.1, 0.15) is 5.00 Å². The Morgan fingerprint density at radius 1 is 1.25 bits per heavy atom. The number of fused-ring (bicyclic) bond motifs is 1. The van der Waals surface area contributed by atoms with Crippen molar-refractivity contribution in [1.82, 2.24) is 5.32 Å². The fourth-order valence-electron chi connectivity index (χ4n) is 3.02. The molecule has 0 saturated heterocycles. The molecule has 24 heavy (non-hydrogen) atoms. The van der Waals surface area contributed by atoms with Crippen molar-refractivity contribution in [1.29, 1.82) is 0 Å². The highest BCUT2D eigenvalue weighted by Crippen LogP contribution is 2.40. The molecule has 4 nitrogen and oxygen atoms in total. The summed E-state index contributed by atoms with van der Waals surface area (Å²) < 4.78 is 0.735. The summed E-state index contributed by atoms with van der Waals surface area (Å²) in [5.41, 5.74) is 2.28. The van der Waals surface area contributed by atoms with E-state index in [1.54, 1.807) is 13.1 Å². The third kappa shape index (κ3) is 3.26. The molecule has 1 atom stereocenters. The average Bonchev–Trinajstić information content (AvgIpc) is 2.91. The van der Waals surface area contributed by atoms with Gasteiger partial charge >= 0.3 is 0 Å². The molecule has 3 rings (SSSR count). The van der Waals surface area contributed by atoms with Crippen LogP contribution in [0, 0.1) is 5.92 Å². The molecule has 0 fully saturated rings. The van der Waals surface area contributed by atoms with Gasteiger partial charge in [-0.3, -0.25) is 9.59 Å². The highest BCUT2D eigenvalue weighted by molar-refractivity contribution is 9.10. The summed E-state index contributed by atoms with van der Waals surface area (Å²) in [5, 5.41) is 6.29. The van der Waals surface area contributed by atoms with Crippen LogP contribution in [0.3, 0.4) is 0 Å². The zero-order chi connectivity index (χ0) is 17.3. The highest BCUT2D eigenvalue weighted by atomic mass is 79.9. The van der Waals surface area contributed by atoms with Gasteiger partial charge in [0, 0.05) is 16.4 Å². The Hall–Kier alpha value is -1.66. The lowest BCUT2D eigenvalue weighted by atomic mass is 9.88. The summed E-state index contributed by atoms with van der Waals surface area (Å²) in [5.74, 6) is 0.268. The van der Waals surface area contributed by atoms with Crippen molar-refractivity contribution < 1.29 is 9.59 Å². The second-order valence-electron chi connectivity index (χ2n) is 6.07. The molecule has 6 heteroatoms. The lowest BCUT2D eigenvalue weighted by molar-refractivity contribution is 0.0963. The fourth-order valence-corrected chi connectivity index (χ4v) is 4.89. The van der Waals surface area contributed by atoms with Crippen LogP contribution in [-0.2, 0) is 12.8 Å². The van der Waals surface area contributed by atoms with Gasteiger partial charge in [0.2, 0.25) is 0 Å². The van der Waals surface area contributed by atoms with Gasteiger partial charge in [0.05, 0.1) is 11.1 Å². The predicted octanol–water partition coefficient (Wildman–Crippen LogP) is 4.25. The van der Waals surface area contributed by atoms with E-state index in [1.165, 1.54) is 16.2 Å². The molecular weight excluding hydrogens is 388 g/mol. The monoisotopic (exact) mass is 406 g/mol. The van der Waals surface area contributed by atoms with E-state index in [4.69, 9.17) is 0 Å². The van der Waals surface area contributed by atoms with Crippen LogP contribution < -0.4 is 10.6 Å². The molecule has 0 bridgehead atoms. The predicted molar refractivity (Wildman–Crippen MR) is 101 cm³/mol. The summed E-state index contributed by atoms with van der Waals surface area (Å²) in [6, 6.07) is 7.27. The molecule has 1 aromatic heterocycles. The standard InChI is InChI=1S/C18H19BrN2O2S/c1-10-7-8-12-14(9-10)24-18(15(12)17(23)20-2)21-16(22)11-5-3-4-6-13(11)19/h3-6,10H,7-9H2,1-2H3,(H,20,23)(H,21,22). The van der Waals surface area contributed by atoms with Crippen LogP contribution in [0.2, 0.25) is 0 Å². The molecule has 1 aliphatic carbocycles. The van der Waals surface area contributed by atoms with Gasteiger partial charge in [-0.15, -0.1) is 11.3 Å². The maximum absolute atomic E-state index is 12.6. The molecule has 2 N–H and O–H groups in total. The molecule has 1 aliphatic rings. The molecule has 0 saturated carbocycles. The van der Waals surface area contributed by atoms with Crippen molar-refractivity contribution in [2.75, 3.05) is 12.4 Å². The summed E-state index contributed by atoms with van der Waals surface area (Å²) in [7, 11) is 1.62. The quantitative estimate of drug-likeness (QED) is 0.800. The number of anilines is 1. The summed E-state index contributed by atoms with van der Waals surface area (Å²) in [6.07, 6.45) is 2.93. The number of hydrogen-bond donors (Lipinski definition) is 2. The minimum atomic E-state index is -0.209. The molecule has 1 unspecified atom stereocenters. The number of carbonyl (C=O) groups excluding carboxylic acids is 2. The van der Waals surface area contributed by atoms with Crippen LogP contribution >= 0.6 is 27.3 Å². The van der Waals surface area contributed by atoms with Crippen molar-refractivity contribution in [3.63, 3.8) is 0 Å². The Kier molecular flexibility index (Phi) is 5.06. The molecule has 2 aromatic rings. The third-order valence-electron chi connectivity index (χ3n) is 4.31. The van der Waals surface area contributed by atoms with Gasteiger partial charge in [-0.2, -0.15) is 0 Å². The Bertz CT molecular complexity index is 800. The van der Waals surface area contributed by atoms with Gasteiger partial charge < -0.3 is 10.6 Å². The number of halogens is 1. The number of carbonyl (C=O) groups is 2. The molecule has 0 spiro atoms. The Morgan fingerprint density at radius 3 is 2.71 bits per heavy atom. The number of nitrogens with one attached hydrogen (secondary N) is 2. The van der Waals surface area contributed by atoms with Crippen molar-refractivity contribution in [2.24, 2.45) is 5.92 Å². The topological polar surface area (TPSA) is 58.2 Å². The molecule has 0 radical (unpaired) electrons. The minimum absolute atomic E-state index is 0.135. The molecular formula is C18H19BrN2O2S. The first-order chi connectivity index (χ1) is 11.5. The van der Waals surface area contributed by atoms with Crippen LogP contribution in [0.5, 0.6) is 0 Å². The first-order valence-corrected chi connectivity index (χ1v) is 9.54. The van der Waals surface area contributed by atoms with Crippen molar-refractivity contribution in [3.05, 3.63) is 50.3 Å². The van der Waals surface area contributed by atoms with Crippen molar-refractivity contribution in [2.45, 2.75) is 26.2 Å². The zero-order valence-corrected chi connectivity index (χ0v) is 16.0. The minimum Gasteiger partial charge on any atom is -0.355 e. The van der Waals surface area contributed by atoms with Crippen LogP contribution in [0.4, 0.5) is 5.00 Å². The molecule has 0 aliphatic heterocycles. The maximum atomic E-state index is 12.6. The van der Waals surface area contributed by atoms with E-state index in [0.717, 1.165) is 29.3 Å². The summed E-state index contributed by atoms with van der Waals surface area (Å²) >= 11 is 4.93. The Morgan fingerprint density at radius 2 is 2.00 bits per heavy atom. The van der Waals surface area contributed by atoms with E-state index in [1.807, 2.05) is 18.2 Å². The number of amides is 2. The first kappa shape index (κ1) is 17.2. The van der Waals surface area contributed by atoms with Gasteiger partial charge in [-0.25, -0.2) is 0 Å². The molecule has 2 amide bonds. The average molecular weight is 407 g/mol. The highest BCUT2D eigenvalue weighted by Gasteiger charge is 2.28. The lowest BCUT2D eigenvalue weighted by Gasteiger charge is -2.18. The Labute approximate surface area is 153 Å². The number of benzene rings is 1. The first-order valence-electron chi connectivity index (χ1n) is 7.93. The normalized spacial score (nSPS) is 16.4. The molecule has 126 valence electrons. The molecule has 1 aromatic carbocycles. The third-order valence-corrected chi connectivity index (χ3v) is 6.17. The van der Waals surface area contributed by atoms with Gasteiger partial charge in [0.25, 0.3) is 11.8 Å². The van der Waals surface area contributed by atoms with Crippen molar-refractivity contribution in [3.8, 4) is 0 Å². The van der Waals surface area contributed by atoms with E-state index in [2.05, 4.69) is 33.5 Å². The summed E-state index contributed by atoms with van der Waals surface area (Å²) in [4.78, 5) is 26.2. The van der Waals surface area contributed by atoms with Crippen molar-refractivity contribution >= 4 is 44.1 Å². The maximum Gasteiger partial charge on any atom is 0.257 e. The van der Waals surface area contributed by atoms with Crippen LogP contribution in [0.25, 0.3) is 0 Å². The smallest absolute Gasteiger partial charge is 0.257 e. The lowest BCUT2D eigenvalue weighted by Crippen LogP contribution is -2.22. The SMILES string of the molecule is CNC(=O)c1c(NC(=O)c2ccccc2Br)sc2c1CCC(C)C2. The van der Waals surface area contributed by atoms with Gasteiger partial charge in [-0.05, 0) is 58.8 Å². The van der Waals surface area contributed by atoms with Gasteiger partial charge in [0.15, 0.2) is 0 Å². The number of hydrogen-bond acceptors (Lipinski definition) is 3. The van der Waals surface area contributed by atoms with E-state index < -0.39 is 0 Å².